The van der Waals surface area contributed by atoms with Crippen LogP contribution in [0.1, 0.15) is 16.2 Å². The maximum Gasteiger partial charge on any atom is 0.273 e. The first kappa shape index (κ1) is 14.1. The second-order valence-corrected chi connectivity index (χ2v) is 6.36. The maximum atomic E-state index is 12.6. The number of rotatable bonds is 2. The van der Waals surface area contributed by atoms with Gasteiger partial charge in [0.05, 0.1) is 4.47 Å². The fourth-order valence-electron chi connectivity index (χ4n) is 2.81. The molecule has 0 saturated heterocycles. The number of anilines is 1. The SMILES string of the molecule is Cc1cc2cc(NC(=O)c3[nH]c4ccccc4c3Br)ccc2[nH]1. The number of halogens is 1. The van der Waals surface area contributed by atoms with Gasteiger partial charge in [0, 0.05) is 33.2 Å². The first-order chi connectivity index (χ1) is 11.1. The van der Waals surface area contributed by atoms with Crippen LogP contribution >= 0.6 is 15.9 Å². The molecule has 4 rings (SSSR count). The highest BCUT2D eigenvalue weighted by Gasteiger charge is 2.16. The Labute approximate surface area is 141 Å². The molecule has 1 amide bonds. The number of carbonyl (C=O) groups is 1. The molecule has 0 aliphatic heterocycles. The molecule has 0 unspecified atom stereocenters. The number of para-hydroxylation sites is 1. The average molecular weight is 368 g/mol. The van der Waals surface area contributed by atoms with Crippen molar-refractivity contribution < 1.29 is 4.79 Å². The van der Waals surface area contributed by atoms with Crippen LogP contribution in [0, 0.1) is 6.92 Å². The first-order valence-corrected chi connectivity index (χ1v) is 8.08. The Kier molecular flexibility index (Phi) is 3.23. The molecule has 5 heteroatoms. The third-order valence-corrected chi connectivity index (χ3v) is 4.71. The molecular weight excluding hydrogens is 354 g/mol. The van der Waals surface area contributed by atoms with Crippen LogP contribution in [0.2, 0.25) is 0 Å². The van der Waals surface area contributed by atoms with Crippen molar-refractivity contribution in [1.82, 2.24) is 9.97 Å². The summed E-state index contributed by atoms with van der Waals surface area (Å²) in [6, 6.07) is 15.7. The minimum absolute atomic E-state index is 0.167. The molecule has 0 aliphatic rings. The molecule has 2 heterocycles. The fourth-order valence-corrected chi connectivity index (χ4v) is 3.44. The predicted octanol–water partition coefficient (Wildman–Crippen LogP) is 4.97. The number of hydrogen-bond acceptors (Lipinski definition) is 1. The zero-order valence-corrected chi connectivity index (χ0v) is 14.0. The van der Waals surface area contributed by atoms with E-state index in [1.165, 1.54) is 0 Å². The number of H-pyrrole nitrogens is 2. The van der Waals surface area contributed by atoms with Crippen LogP contribution in [0.15, 0.2) is 53.0 Å². The Morgan fingerprint density at radius 3 is 2.70 bits per heavy atom. The van der Waals surface area contributed by atoms with Crippen LogP contribution in [-0.4, -0.2) is 15.9 Å². The highest BCUT2D eigenvalue weighted by atomic mass is 79.9. The maximum absolute atomic E-state index is 12.6. The van der Waals surface area contributed by atoms with Crippen molar-refractivity contribution in [2.45, 2.75) is 6.92 Å². The van der Waals surface area contributed by atoms with Crippen molar-refractivity contribution in [2.24, 2.45) is 0 Å². The van der Waals surface area contributed by atoms with Crippen LogP contribution < -0.4 is 5.32 Å². The molecule has 0 radical (unpaired) electrons. The van der Waals surface area contributed by atoms with Gasteiger partial charge in [-0.25, -0.2) is 0 Å². The number of amides is 1. The summed E-state index contributed by atoms with van der Waals surface area (Å²) >= 11 is 3.51. The summed E-state index contributed by atoms with van der Waals surface area (Å²) in [5, 5.41) is 5.02. The molecule has 0 saturated carbocycles. The number of benzene rings is 2. The molecule has 2 aromatic carbocycles. The summed E-state index contributed by atoms with van der Waals surface area (Å²) in [4.78, 5) is 19.0. The number of carbonyl (C=O) groups excluding carboxylic acids is 1. The number of aromatic amines is 2. The van der Waals surface area contributed by atoms with E-state index in [1.54, 1.807) is 0 Å². The normalized spacial score (nSPS) is 11.2. The molecule has 2 aromatic heterocycles. The number of nitrogens with one attached hydrogen (secondary N) is 3. The number of aryl methyl sites for hydroxylation is 1. The monoisotopic (exact) mass is 367 g/mol. The molecule has 23 heavy (non-hydrogen) atoms. The Morgan fingerprint density at radius 1 is 1.04 bits per heavy atom. The van der Waals surface area contributed by atoms with Gasteiger partial charge in [0.1, 0.15) is 5.69 Å². The lowest BCUT2D eigenvalue weighted by Crippen LogP contribution is -2.12. The fraction of sp³-hybridized carbons (Fsp3) is 0.0556. The van der Waals surface area contributed by atoms with Crippen molar-refractivity contribution in [1.29, 1.82) is 0 Å². The molecule has 4 nitrogen and oxygen atoms in total. The van der Waals surface area contributed by atoms with E-state index in [9.17, 15) is 4.79 Å². The van der Waals surface area contributed by atoms with Crippen LogP contribution in [0.5, 0.6) is 0 Å². The van der Waals surface area contributed by atoms with E-state index in [2.05, 4.69) is 37.3 Å². The van der Waals surface area contributed by atoms with E-state index in [1.807, 2.05) is 49.4 Å². The topological polar surface area (TPSA) is 60.7 Å². The summed E-state index contributed by atoms with van der Waals surface area (Å²) in [6.45, 7) is 2.01. The smallest absolute Gasteiger partial charge is 0.273 e. The summed E-state index contributed by atoms with van der Waals surface area (Å²) in [6.07, 6.45) is 0. The predicted molar refractivity (Wildman–Crippen MR) is 97.0 cm³/mol. The Morgan fingerprint density at radius 2 is 1.87 bits per heavy atom. The van der Waals surface area contributed by atoms with Crippen molar-refractivity contribution >= 4 is 49.3 Å². The van der Waals surface area contributed by atoms with Crippen LogP contribution in [-0.2, 0) is 0 Å². The van der Waals surface area contributed by atoms with Gasteiger partial charge in [0.2, 0.25) is 0 Å². The van der Waals surface area contributed by atoms with Gasteiger partial charge in [-0.3, -0.25) is 4.79 Å². The van der Waals surface area contributed by atoms with E-state index in [0.717, 1.165) is 37.7 Å². The third kappa shape index (κ3) is 2.43. The molecule has 0 spiro atoms. The highest BCUT2D eigenvalue weighted by Crippen LogP contribution is 2.28. The summed E-state index contributed by atoms with van der Waals surface area (Å²) in [5.74, 6) is -0.167. The lowest BCUT2D eigenvalue weighted by molar-refractivity contribution is 0.102. The first-order valence-electron chi connectivity index (χ1n) is 7.29. The zero-order valence-electron chi connectivity index (χ0n) is 12.4. The lowest BCUT2D eigenvalue weighted by Gasteiger charge is -2.04. The Hall–Kier alpha value is -2.53. The molecule has 0 fully saturated rings. The highest BCUT2D eigenvalue weighted by molar-refractivity contribution is 9.10. The van der Waals surface area contributed by atoms with Gasteiger partial charge in [-0.05, 0) is 53.2 Å². The van der Waals surface area contributed by atoms with Gasteiger partial charge in [0.25, 0.3) is 5.91 Å². The van der Waals surface area contributed by atoms with E-state index < -0.39 is 0 Å². The molecule has 114 valence electrons. The Bertz CT molecular complexity index is 1040. The van der Waals surface area contributed by atoms with Crippen molar-refractivity contribution in [2.75, 3.05) is 5.32 Å². The summed E-state index contributed by atoms with van der Waals surface area (Å²) < 4.78 is 0.782. The second kappa shape index (κ2) is 5.28. The summed E-state index contributed by atoms with van der Waals surface area (Å²) in [5.41, 5.74) is 4.39. The van der Waals surface area contributed by atoms with Gasteiger partial charge < -0.3 is 15.3 Å². The van der Waals surface area contributed by atoms with Crippen LogP contribution in [0.3, 0.4) is 0 Å². The van der Waals surface area contributed by atoms with Gasteiger partial charge in [-0.1, -0.05) is 18.2 Å². The molecule has 0 bridgehead atoms. The summed E-state index contributed by atoms with van der Waals surface area (Å²) in [7, 11) is 0. The minimum Gasteiger partial charge on any atom is -0.359 e. The second-order valence-electron chi connectivity index (χ2n) is 5.57. The lowest BCUT2D eigenvalue weighted by atomic mass is 10.2. The van der Waals surface area contributed by atoms with Gasteiger partial charge >= 0.3 is 0 Å². The number of hydrogen-bond donors (Lipinski definition) is 3. The largest absolute Gasteiger partial charge is 0.359 e. The van der Waals surface area contributed by atoms with Crippen LogP contribution in [0.4, 0.5) is 5.69 Å². The quantitative estimate of drug-likeness (QED) is 0.460. The van der Waals surface area contributed by atoms with Crippen LogP contribution in [0.25, 0.3) is 21.8 Å². The third-order valence-electron chi connectivity index (χ3n) is 3.88. The standard InChI is InChI=1S/C18H14BrN3O/c1-10-8-11-9-12(6-7-14(11)20-10)21-18(23)17-16(19)13-4-2-3-5-15(13)22-17/h2-9,20,22H,1H3,(H,21,23). The van der Waals surface area contributed by atoms with Crippen molar-refractivity contribution in [3.63, 3.8) is 0 Å². The molecular formula is C18H14BrN3O. The zero-order chi connectivity index (χ0) is 16.0. The van der Waals surface area contributed by atoms with Gasteiger partial charge in [-0.15, -0.1) is 0 Å². The van der Waals surface area contributed by atoms with E-state index in [-0.39, 0.29) is 5.91 Å². The molecule has 0 aliphatic carbocycles. The molecule has 0 atom stereocenters. The molecule has 3 N–H and O–H groups in total. The molecule has 4 aromatic rings. The van der Waals surface area contributed by atoms with E-state index in [0.29, 0.717) is 5.69 Å². The number of aromatic nitrogens is 2. The number of fused-ring (bicyclic) bond motifs is 2. The van der Waals surface area contributed by atoms with E-state index in [4.69, 9.17) is 0 Å². The van der Waals surface area contributed by atoms with Crippen molar-refractivity contribution in [3.8, 4) is 0 Å². The minimum atomic E-state index is -0.167. The Balaban J connectivity index is 1.68. The average Bonchev–Trinajstić information content (AvgIpc) is 3.07. The van der Waals surface area contributed by atoms with E-state index >= 15 is 0 Å². The van der Waals surface area contributed by atoms with Crippen molar-refractivity contribution in [3.05, 3.63) is 64.4 Å². The van der Waals surface area contributed by atoms with Gasteiger partial charge in [0.15, 0.2) is 0 Å². The van der Waals surface area contributed by atoms with Gasteiger partial charge in [-0.2, -0.15) is 0 Å².